The van der Waals surface area contributed by atoms with Crippen LogP contribution in [0.25, 0.3) is 0 Å². The molecule has 1 saturated carbocycles. The van der Waals surface area contributed by atoms with Gasteiger partial charge in [-0.2, -0.15) is 4.99 Å². The fourth-order valence-electron chi connectivity index (χ4n) is 3.62. The normalized spacial score (nSPS) is 35.5. The third-order valence-electron chi connectivity index (χ3n) is 4.11. The molecule has 2 N–H and O–H groups in total. The Morgan fingerprint density at radius 3 is 2.76 bits per heavy atom. The van der Waals surface area contributed by atoms with E-state index in [4.69, 9.17) is 5.73 Å². The number of amides is 2. The van der Waals surface area contributed by atoms with E-state index in [-0.39, 0.29) is 17.0 Å². The summed E-state index contributed by atoms with van der Waals surface area (Å²) in [5, 5.41) is 0. The Kier molecular flexibility index (Phi) is 2.56. The molecule has 2 rings (SSSR count). The van der Waals surface area contributed by atoms with Crippen molar-refractivity contribution in [2.75, 3.05) is 6.54 Å². The molecule has 1 aliphatic heterocycles. The first-order chi connectivity index (χ1) is 7.83. The van der Waals surface area contributed by atoms with E-state index in [1.807, 2.05) is 0 Å². The molecule has 0 bridgehead atoms. The maximum absolute atomic E-state index is 11.9. The maximum Gasteiger partial charge on any atom is 0.346 e. The van der Waals surface area contributed by atoms with Crippen LogP contribution in [0.5, 0.6) is 0 Å². The molecule has 0 radical (unpaired) electrons. The molecular weight excluding hydrogens is 214 g/mol. The summed E-state index contributed by atoms with van der Waals surface area (Å²) in [5.41, 5.74) is 5.87. The predicted molar refractivity (Wildman–Crippen MR) is 68.8 cm³/mol. The Bertz CT molecular complexity index is 399. The highest BCUT2D eigenvalue weighted by atomic mass is 16.2. The van der Waals surface area contributed by atoms with Gasteiger partial charge < -0.3 is 10.6 Å². The average molecular weight is 235 g/mol. The molecule has 2 unspecified atom stereocenters. The molecule has 4 heteroatoms. The minimum absolute atomic E-state index is 0.198. The molecule has 1 aliphatic carbocycles. The minimum atomic E-state index is -0.380. The Hall–Kier alpha value is -1.32. The summed E-state index contributed by atoms with van der Waals surface area (Å²) in [6.07, 6.45) is 3.69. The predicted octanol–water partition coefficient (Wildman–Crippen LogP) is 2.16. The van der Waals surface area contributed by atoms with Crippen molar-refractivity contribution in [3.05, 3.63) is 12.7 Å². The molecule has 1 spiro atoms. The van der Waals surface area contributed by atoms with Crippen molar-refractivity contribution >= 4 is 11.9 Å². The summed E-state index contributed by atoms with van der Waals surface area (Å²) >= 11 is 0. The SMILES string of the molecule is C=CCN1C(=O)N=C(N)C12CC(C)(C)CC2C. The second-order valence-corrected chi connectivity index (χ2v) is 6.05. The number of carbonyl (C=O) groups is 1. The molecule has 17 heavy (non-hydrogen) atoms. The molecule has 1 heterocycles. The minimum Gasteiger partial charge on any atom is -0.385 e. The van der Waals surface area contributed by atoms with Gasteiger partial charge in [-0.1, -0.05) is 26.8 Å². The summed E-state index contributed by atoms with van der Waals surface area (Å²) in [6.45, 7) is 10.8. The van der Waals surface area contributed by atoms with Crippen molar-refractivity contribution < 1.29 is 4.79 Å². The number of hydrogen-bond donors (Lipinski definition) is 1. The van der Waals surface area contributed by atoms with Crippen molar-refractivity contribution in [3.63, 3.8) is 0 Å². The highest BCUT2D eigenvalue weighted by molar-refractivity contribution is 6.06. The van der Waals surface area contributed by atoms with E-state index in [1.165, 1.54) is 0 Å². The molecule has 2 amide bonds. The fourth-order valence-corrected chi connectivity index (χ4v) is 3.62. The van der Waals surface area contributed by atoms with Gasteiger partial charge in [0.25, 0.3) is 0 Å². The first-order valence-corrected chi connectivity index (χ1v) is 6.10. The van der Waals surface area contributed by atoms with Crippen molar-refractivity contribution in [1.82, 2.24) is 4.90 Å². The highest BCUT2D eigenvalue weighted by Gasteiger charge is 2.58. The number of nitrogens with zero attached hydrogens (tertiary/aromatic N) is 2. The van der Waals surface area contributed by atoms with Crippen molar-refractivity contribution in [2.24, 2.45) is 22.1 Å². The molecule has 94 valence electrons. The van der Waals surface area contributed by atoms with E-state index in [2.05, 4.69) is 32.3 Å². The van der Waals surface area contributed by atoms with Crippen molar-refractivity contribution in [1.29, 1.82) is 0 Å². The molecule has 0 aromatic heterocycles. The van der Waals surface area contributed by atoms with Gasteiger partial charge in [-0.25, -0.2) is 4.79 Å². The molecule has 0 saturated heterocycles. The first kappa shape index (κ1) is 12.1. The van der Waals surface area contributed by atoms with Crippen LogP contribution < -0.4 is 5.73 Å². The summed E-state index contributed by atoms with van der Waals surface area (Å²) in [6, 6.07) is -0.216. The zero-order valence-corrected chi connectivity index (χ0v) is 10.9. The number of aliphatic imine (C=N–C) groups is 1. The molecule has 2 atom stereocenters. The summed E-state index contributed by atoms with van der Waals surface area (Å²) in [5.74, 6) is 0.829. The molecule has 1 fully saturated rings. The lowest BCUT2D eigenvalue weighted by molar-refractivity contribution is 0.157. The van der Waals surface area contributed by atoms with Crippen LogP contribution in [0.4, 0.5) is 4.79 Å². The third-order valence-corrected chi connectivity index (χ3v) is 4.11. The summed E-state index contributed by atoms with van der Waals surface area (Å²) in [7, 11) is 0. The van der Waals surface area contributed by atoms with E-state index in [0.29, 0.717) is 18.3 Å². The zero-order valence-electron chi connectivity index (χ0n) is 10.9. The standard InChI is InChI=1S/C13H21N3O/c1-5-6-16-11(17)15-10(14)13(16)8-12(3,4)7-9(13)2/h5,9H,1,6-8H2,2-4H3,(H2,14,15,17). The van der Waals surface area contributed by atoms with E-state index in [0.717, 1.165) is 12.8 Å². The van der Waals surface area contributed by atoms with Crippen molar-refractivity contribution in [2.45, 2.75) is 39.2 Å². The van der Waals surface area contributed by atoms with Crippen LogP contribution in [0.1, 0.15) is 33.6 Å². The number of amidine groups is 1. The fraction of sp³-hybridized carbons (Fsp3) is 0.692. The maximum atomic E-state index is 11.9. The van der Waals surface area contributed by atoms with Gasteiger partial charge in [0.15, 0.2) is 0 Å². The molecular formula is C13H21N3O. The molecule has 4 nitrogen and oxygen atoms in total. The van der Waals surface area contributed by atoms with Gasteiger partial charge >= 0.3 is 6.03 Å². The third kappa shape index (κ3) is 1.58. The van der Waals surface area contributed by atoms with Crippen LogP contribution in [0, 0.1) is 11.3 Å². The second kappa shape index (κ2) is 3.59. The smallest absolute Gasteiger partial charge is 0.346 e. The first-order valence-electron chi connectivity index (χ1n) is 6.10. The number of carbonyl (C=O) groups excluding carboxylic acids is 1. The quantitative estimate of drug-likeness (QED) is 0.746. The molecule has 0 aromatic rings. The van der Waals surface area contributed by atoms with Gasteiger partial charge in [0, 0.05) is 6.54 Å². The molecule has 2 aliphatic rings. The monoisotopic (exact) mass is 235 g/mol. The van der Waals surface area contributed by atoms with Gasteiger partial charge in [0.1, 0.15) is 11.4 Å². The lowest BCUT2D eigenvalue weighted by atomic mass is 9.84. The van der Waals surface area contributed by atoms with Crippen LogP contribution in [0.15, 0.2) is 17.6 Å². The van der Waals surface area contributed by atoms with E-state index in [9.17, 15) is 4.79 Å². The Morgan fingerprint density at radius 2 is 2.29 bits per heavy atom. The Labute approximate surface area is 103 Å². The topological polar surface area (TPSA) is 58.7 Å². The zero-order chi connectivity index (χ0) is 12.8. The molecule has 0 aromatic carbocycles. The van der Waals surface area contributed by atoms with Crippen molar-refractivity contribution in [3.8, 4) is 0 Å². The lowest BCUT2D eigenvalue weighted by Crippen LogP contribution is -2.56. The summed E-state index contributed by atoms with van der Waals surface area (Å²) in [4.78, 5) is 17.7. The van der Waals surface area contributed by atoms with Crippen LogP contribution in [0.3, 0.4) is 0 Å². The Balaban J connectivity index is 2.43. The average Bonchev–Trinajstić information content (AvgIpc) is 2.56. The van der Waals surface area contributed by atoms with Crippen LogP contribution in [-0.4, -0.2) is 28.9 Å². The largest absolute Gasteiger partial charge is 0.385 e. The van der Waals surface area contributed by atoms with Gasteiger partial charge in [-0.05, 0) is 24.2 Å². The van der Waals surface area contributed by atoms with E-state index >= 15 is 0 Å². The van der Waals surface area contributed by atoms with E-state index in [1.54, 1.807) is 11.0 Å². The van der Waals surface area contributed by atoms with Crippen LogP contribution >= 0.6 is 0 Å². The van der Waals surface area contributed by atoms with Gasteiger partial charge in [-0.3, -0.25) is 0 Å². The van der Waals surface area contributed by atoms with Gasteiger partial charge in [0.05, 0.1) is 0 Å². The number of rotatable bonds is 2. The highest BCUT2D eigenvalue weighted by Crippen LogP contribution is 2.52. The van der Waals surface area contributed by atoms with Crippen LogP contribution in [-0.2, 0) is 0 Å². The van der Waals surface area contributed by atoms with E-state index < -0.39 is 0 Å². The Morgan fingerprint density at radius 1 is 1.65 bits per heavy atom. The number of nitrogens with two attached hydrogens (primary N) is 1. The summed E-state index contributed by atoms with van der Waals surface area (Å²) < 4.78 is 0. The van der Waals surface area contributed by atoms with Crippen LogP contribution in [0.2, 0.25) is 0 Å². The number of hydrogen-bond acceptors (Lipinski definition) is 2. The number of urea groups is 1. The lowest BCUT2D eigenvalue weighted by Gasteiger charge is -2.38. The second-order valence-electron chi connectivity index (χ2n) is 6.05. The van der Waals surface area contributed by atoms with Gasteiger partial charge in [0.2, 0.25) is 0 Å². The van der Waals surface area contributed by atoms with Gasteiger partial charge in [-0.15, -0.1) is 6.58 Å².